The van der Waals surface area contributed by atoms with E-state index in [9.17, 15) is 9.59 Å². The normalized spacial score (nSPS) is 15.0. The van der Waals surface area contributed by atoms with E-state index in [1.165, 1.54) is 5.56 Å². The fraction of sp³-hybridized carbons (Fsp3) is 0.304. The zero-order valence-electron chi connectivity index (χ0n) is 16.5. The number of hydrogen-bond donors (Lipinski definition) is 2. The first-order valence-electron chi connectivity index (χ1n) is 9.99. The van der Waals surface area contributed by atoms with Crippen molar-refractivity contribution in [2.75, 3.05) is 31.1 Å². The predicted molar refractivity (Wildman–Crippen MR) is 115 cm³/mol. The molecule has 0 saturated carbocycles. The number of anilines is 1. The van der Waals surface area contributed by atoms with Gasteiger partial charge in [-0.3, -0.25) is 9.69 Å². The Balaban J connectivity index is 1.40. The first kappa shape index (κ1) is 19.2. The van der Waals surface area contributed by atoms with Crippen LogP contribution in [0.1, 0.15) is 28.4 Å². The highest BCUT2D eigenvalue weighted by Gasteiger charge is 2.18. The van der Waals surface area contributed by atoms with Crippen LogP contribution in [0.3, 0.4) is 0 Å². The molecule has 2 N–H and O–H groups in total. The van der Waals surface area contributed by atoms with E-state index in [2.05, 4.69) is 33.0 Å². The zero-order chi connectivity index (χ0) is 20.4. The van der Waals surface area contributed by atoms with Gasteiger partial charge in [-0.15, -0.1) is 0 Å². The summed E-state index contributed by atoms with van der Waals surface area (Å²) in [7, 11) is 0. The smallest absolute Gasteiger partial charge is 0.335 e. The maximum atomic E-state index is 12.1. The van der Waals surface area contributed by atoms with Crippen LogP contribution in [0.25, 0.3) is 10.9 Å². The average molecular weight is 391 g/mol. The maximum absolute atomic E-state index is 12.1. The molecule has 0 amide bonds. The number of benzene rings is 2. The highest BCUT2D eigenvalue weighted by Crippen LogP contribution is 2.20. The second kappa shape index (κ2) is 8.09. The number of aromatic amines is 1. The molecule has 150 valence electrons. The summed E-state index contributed by atoms with van der Waals surface area (Å²) < 4.78 is 0. The number of aromatic carboxylic acids is 1. The van der Waals surface area contributed by atoms with Crippen LogP contribution < -0.4 is 10.5 Å². The molecule has 1 fully saturated rings. The number of nitrogens with zero attached hydrogens (tertiary/aromatic N) is 2. The number of pyridine rings is 1. The Kier molecular flexibility index (Phi) is 5.36. The van der Waals surface area contributed by atoms with Gasteiger partial charge in [-0.1, -0.05) is 19.1 Å². The SMILES string of the molecule is CCc1cc2ccc(CN3CCN(c4ccc(C(=O)O)cc4)CC3)cc2[nH]c1=O. The number of carboxylic acids is 1. The van der Waals surface area contributed by atoms with Gasteiger partial charge in [0.15, 0.2) is 0 Å². The predicted octanol–water partition coefficient (Wildman–Crippen LogP) is 3.11. The van der Waals surface area contributed by atoms with Gasteiger partial charge in [0, 0.05) is 49.5 Å². The maximum Gasteiger partial charge on any atom is 0.335 e. The molecule has 2 heterocycles. The summed E-state index contributed by atoms with van der Waals surface area (Å²) in [6.45, 7) is 6.51. The third-order valence-corrected chi connectivity index (χ3v) is 5.63. The first-order valence-corrected chi connectivity index (χ1v) is 9.99. The molecule has 6 heteroatoms. The van der Waals surface area contributed by atoms with Crippen LogP contribution in [0.2, 0.25) is 0 Å². The van der Waals surface area contributed by atoms with E-state index >= 15 is 0 Å². The van der Waals surface area contributed by atoms with Gasteiger partial charge >= 0.3 is 5.97 Å². The number of hydrogen-bond acceptors (Lipinski definition) is 4. The van der Waals surface area contributed by atoms with Crippen molar-refractivity contribution in [2.24, 2.45) is 0 Å². The lowest BCUT2D eigenvalue weighted by molar-refractivity contribution is 0.0697. The Morgan fingerprint density at radius 3 is 2.41 bits per heavy atom. The number of carboxylic acid groups (broad SMARTS) is 1. The average Bonchev–Trinajstić information content (AvgIpc) is 2.74. The number of piperazine rings is 1. The third-order valence-electron chi connectivity index (χ3n) is 5.63. The summed E-state index contributed by atoms with van der Waals surface area (Å²) in [5.74, 6) is -0.899. The Hall–Kier alpha value is -3.12. The Morgan fingerprint density at radius 2 is 1.76 bits per heavy atom. The molecule has 0 radical (unpaired) electrons. The lowest BCUT2D eigenvalue weighted by Crippen LogP contribution is -2.45. The van der Waals surface area contributed by atoms with E-state index < -0.39 is 5.97 Å². The van der Waals surface area contributed by atoms with Crippen LogP contribution in [0, 0.1) is 0 Å². The van der Waals surface area contributed by atoms with Crippen molar-refractivity contribution in [1.82, 2.24) is 9.88 Å². The molecule has 29 heavy (non-hydrogen) atoms. The van der Waals surface area contributed by atoms with E-state index in [0.29, 0.717) is 5.56 Å². The number of carbonyl (C=O) groups is 1. The van der Waals surface area contributed by atoms with E-state index in [0.717, 1.165) is 61.3 Å². The van der Waals surface area contributed by atoms with Crippen LogP contribution in [0.5, 0.6) is 0 Å². The summed E-state index contributed by atoms with van der Waals surface area (Å²) in [4.78, 5) is 30.8. The van der Waals surface area contributed by atoms with E-state index in [1.807, 2.05) is 25.1 Å². The number of fused-ring (bicyclic) bond motifs is 1. The Bertz CT molecular complexity index is 1080. The van der Waals surface area contributed by atoms with Crippen molar-refractivity contribution in [1.29, 1.82) is 0 Å². The fourth-order valence-electron chi connectivity index (χ4n) is 3.89. The number of rotatable bonds is 5. The quantitative estimate of drug-likeness (QED) is 0.699. The zero-order valence-corrected chi connectivity index (χ0v) is 16.5. The summed E-state index contributed by atoms with van der Waals surface area (Å²) in [6.07, 6.45) is 0.732. The molecular formula is C23H25N3O3. The molecule has 1 aliphatic heterocycles. The van der Waals surface area contributed by atoms with E-state index in [1.54, 1.807) is 12.1 Å². The molecule has 3 aromatic rings. The molecule has 0 aliphatic carbocycles. The van der Waals surface area contributed by atoms with E-state index in [-0.39, 0.29) is 5.56 Å². The molecule has 1 saturated heterocycles. The van der Waals surface area contributed by atoms with Gasteiger partial charge in [-0.05, 0) is 53.8 Å². The summed E-state index contributed by atoms with van der Waals surface area (Å²) in [5.41, 5.74) is 4.27. The van der Waals surface area contributed by atoms with Gasteiger partial charge in [-0.2, -0.15) is 0 Å². The highest BCUT2D eigenvalue weighted by atomic mass is 16.4. The van der Waals surface area contributed by atoms with Gasteiger partial charge in [0.05, 0.1) is 5.56 Å². The van der Waals surface area contributed by atoms with Crippen LogP contribution in [-0.2, 0) is 13.0 Å². The van der Waals surface area contributed by atoms with Crippen molar-refractivity contribution >= 4 is 22.6 Å². The molecule has 1 aliphatic rings. The monoisotopic (exact) mass is 391 g/mol. The molecule has 0 spiro atoms. The third kappa shape index (κ3) is 4.17. The largest absolute Gasteiger partial charge is 0.478 e. The number of aromatic nitrogens is 1. The van der Waals surface area contributed by atoms with Crippen LogP contribution >= 0.6 is 0 Å². The van der Waals surface area contributed by atoms with Crippen LogP contribution in [0.15, 0.2) is 53.3 Å². The minimum Gasteiger partial charge on any atom is -0.478 e. The van der Waals surface area contributed by atoms with E-state index in [4.69, 9.17) is 5.11 Å². The van der Waals surface area contributed by atoms with Gasteiger partial charge in [-0.25, -0.2) is 4.79 Å². The summed E-state index contributed by atoms with van der Waals surface area (Å²) in [5, 5.41) is 10.1. The van der Waals surface area contributed by atoms with Crippen LogP contribution in [-0.4, -0.2) is 47.1 Å². The molecule has 0 atom stereocenters. The summed E-state index contributed by atoms with van der Waals surface area (Å²) >= 11 is 0. The minimum atomic E-state index is -0.899. The second-order valence-corrected chi connectivity index (χ2v) is 7.51. The lowest BCUT2D eigenvalue weighted by Gasteiger charge is -2.36. The van der Waals surface area contributed by atoms with Crippen molar-refractivity contribution in [3.63, 3.8) is 0 Å². The molecule has 2 aromatic carbocycles. The molecule has 4 rings (SSSR count). The second-order valence-electron chi connectivity index (χ2n) is 7.51. The molecular weight excluding hydrogens is 366 g/mol. The topological polar surface area (TPSA) is 76.6 Å². The lowest BCUT2D eigenvalue weighted by atomic mass is 10.1. The van der Waals surface area contributed by atoms with Crippen molar-refractivity contribution in [3.8, 4) is 0 Å². The van der Waals surface area contributed by atoms with Gasteiger partial charge in [0.25, 0.3) is 5.56 Å². The molecule has 6 nitrogen and oxygen atoms in total. The van der Waals surface area contributed by atoms with Crippen molar-refractivity contribution < 1.29 is 9.90 Å². The number of nitrogens with one attached hydrogen (secondary N) is 1. The summed E-state index contributed by atoms with van der Waals surface area (Å²) in [6, 6.07) is 15.3. The molecule has 1 aromatic heterocycles. The van der Waals surface area contributed by atoms with Crippen LogP contribution in [0.4, 0.5) is 5.69 Å². The standard InChI is InChI=1S/C23H25N3O3/c1-2-17-14-19-4-3-16(13-21(19)24-22(17)27)15-25-9-11-26(12-10-25)20-7-5-18(6-8-20)23(28)29/h3-8,13-14H,2,9-12,15H2,1H3,(H,24,27)(H,28,29). The van der Waals surface area contributed by atoms with Crippen molar-refractivity contribution in [2.45, 2.75) is 19.9 Å². The molecule has 0 unspecified atom stereocenters. The van der Waals surface area contributed by atoms with Gasteiger partial charge in [0.2, 0.25) is 0 Å². The number of aryl methyl sites for hydroxylation is 1. The van der Waals surface area contributed by atoms with Gasteiger partial charge < -0.3 is 15.0 Å². The highest BCUT2D eigenvalue weighted by molar-refractivity contribution is 5.88. The first-order chi connectivity index (χ1) is 14.0. The minimum absolute atomic E-state index is 0.000295. The fourth-order valence-corrected chi connectivity index (χ4v) is 3.89. The molecule has 0 bridgehead atoms. The van der Waals surface area contributed by atoms with Crippen molar-refractivity contribution in [3.05, 3.63) is 75.6 Å². The number of H-pyrrole nitrogens is 1. The van der Waals surface area contributed by atoms with Gasteiger partial charge in [0.1, 0.15) is 0 Å². The Morgan fingerprint density at radius 1 is 1.03 bits per heavy atom. The Labute approximate surface area is 169 Å².